The van der Waals surface area contributed by atoms with Crippen molar-refractivity contribution >= 4 is 0 Å². The van der Waals surface area contributed by atoms with Gasteiger partial charge in [0.1, 0.15) is 0 Å². The fourth-order valence-electron chi connectivity index (χ4n) is 1.78. The van der Waals surface area contributed by atoms with Gasteiger partial charge in [0.05, 0.1) is 11.8 Å². The van der Waals surface area contributed by atoms with Gasteiger partial charge in [0, 0.05) is 13.2 Å². The van der Waals surface area contributed by atoms with Gasteiger partial charge in [0.2, 0.25) is 0 Å². The predicted octanol–water partition coefficient (Wildman–Crippen LogP) is 1.64. The number of hydrogen-bond acceptors (Lipinski definition) is 2. The molecular weight excluding hydrogens is 164 g/mol. The van der Waals surface area contributed by atoms with Crippen LogP contribution in [0.2, 0.25) is 0 Å². The van der Waals surface area contributed by atoms with Crippen LogP contribution in [0.3, 0.4) is 0 Å². The first-order chi connectivity index (χ1) is 6.25. The average Bonchev–Trinajstić information content (AvgIpc) is 2.44. The second kappa shape index (κ2) is 3.50. The van der Waals surface area contributed by atoms with Crippen molar-refractivity contribution in [3.8, 4) is 0 Å². The van der Waals surface area contributed by atoms with Crippen molar-refractivity contribution in [2.45, 2.75) is 31.8 Å². The number of aryl methyl sites for hydroxylation is 1. The van der Waals surface area contributed by atoms with E-state index in [1.165, 1.54) is 19.3 Å². The number of aliphatic hydroxyl groups is 1. The highest BCUT2D eigenvalue weighted by molar-refractivity contribution is 5.03. The number of aromatic nitrogens is 2. The Kier molecular flexibility index (Phi) is 2.36. The second-order valence-electron chi connectivity index (χ2n) is 3.96. The zero-order valence-electron chi connectivity index (χ0n) is 7.98. The molecule has 1 aromatic heterocycles. The number of rotatable bonds is 3. The molecule has 0 radical (unpaired) electrons. The molecule has 0 aliphatic heterocycles. The van der Waals surface area contributed by atoms with Crippen LogP contribution < -0.4 is 0 Å². The maximum atomic E-state index is 9.79. The summed E-state index contributed by atoms with van der Waals surface area (Å²) < 4.78 is 1.74. The van der Waals surface area contributed by atoms with Crippen molar-refractivity contribution in [2.75, 3.05) is 0 Å². The van der Waals surface area contributed by atoms with Crippen LogP contribution in [0.1, 0.15) is 37.5 Å². The first-order valence-corrected chi connectivity index (χ1v) is 4.93. The summed E-state index contributed by atoms with van der Waals surface area (Å²) in [5.74, 6) is 0.733. The van der Waals surface area contributed by atoms with Gasteiger partial charge in [-0.15, -0.1) is 0 Å². The first kappa shape index (κ1) is 8.75. The van der Waals surface area contributed by atoms with Crippen LogP contribution in [0, 0.1) is 5.92 Å². The second-order valence-corrected chi connectivity index (χ2v) is 3.96. The van der Waals surface area contributed by atoms with E-state index in [9.17, 15) is 5.11 Å². The number of hydrogen-bond donors (Lipinski definition) is 1. The molecule has 3 nitrogen and oxygen atoms in total. The maximum absolute atomic E-state index is 9.79. The maximum Gasteiger partial charge on any atom is 0.0980 e. The Bertz CT molecular complexity index is 278. The van der Waals surface area contributed by atoms with Gasteiger partial charge in [-0.1, -0.05) is 19.3 Å². The Hall–Kier alpha value is -0.830. The number of nitrogens with zero attached hydrogens (tertiary/aromatic N) is 2. The molecule has 1 aromatic rings. The lowest BCUT2D eigenvalue weighted by atomic mass is 9.81. The molecule has 0 bridgehead atoms. The van der Waals surface area contributed by atoms with Gasteiger partial charge in [-0.25, -0.2) is 0 Å². The largest absolute Gasteiger partial charge is 0.387 e. The van der Waals surface area contributed by atoms with Crippen LogP contribution in [-0.2, 0) is 7.05 Å². The van der Waals surface area contributed by atoms with E-state index in [2.05, 4.69) is 5.10 Å². The Morgan fingerprint density at radius 1 is 1.69 bits per heavy atom. The molecule has 13 heavy (non-hydrogen) atoms. The van der Waals surface area contributed by atoms with E-state index in [1.54, 1.807) is 4.68 Å². The summed E-state index contributed by atoms with van der Waals surface area (Å²) in [4.78, 5) is 0. The van der Waals surface area contributed by atoms with E-state index in [0.717, 1.165) is 18.0 Å². The molecular formula is C10H16N2O. The summed E-state index contributed by atoms with van der Waals surface area (Å²) in [5.41, 5.74) is 0.814. The lowest BCUT2D eigenvalue weighted by Gasteiger charge is -2.26. The van der Waals surface area contributed by atoms with Crippen LogP contribution in [0.25, 0.3) is 0 Å². The van der Waals surface area contributed by atoms with Crippen molar-refractivity contribution in [2.24, 2.45) is 13.0 Å². The number of aliphatic hydroxyl groups excluding tert-OH is 1. The Balaban J connectivity index is 1.92. The van der Waals surface area contributed by atoms with Gasteiger partial charge < -0.3 is 5.11 Å². The monoisotopic (exact) mass is 180 g/mol. The smallest absolute Gasteiger partial charge is 0.0980 e. The van der Waals surface area contributed by atoms with E-state index < -0.39 is 0 Å². The quantitative estimate of drug-likeness (QED) is 0.768. The van der Waals surface area contributed by atoms with Gasteiger partial charge in [0.25, 0.3) is 0 Å². The summed E-state index contributed by atoms with van der Waals surface area (Å²) in [6.45, 7) is 0. The van der Waals surface area contributed by atoms with Crippen LogP contribution >= 0.6 is 0 Å². The summed E-state index contributed by atoms with van der Waals surface area (Å²) in [6.07, 6.45) is 6.30. The van der Waals surface area contributed by atoms with Gasteiger partial charge in [0.15, 0.2) is 0 Å². The van der Waals surface area contributed by atoms with Crippen LogP contribution in [0.15, 0.2) is 12.3 Å². The standard InChI is InChI=1S/C10H16N2O/c1-12-6-5-9(11-12)10(13)7-8-3-2-4-8/h5-6,8,10,13H,2-4,7H2,1H3. The van der Waals surface area contributed by atoms with E-state index >= 15 is 0 Å². The highest BCUT2D eigenvalue weighted by Gasteiger charge is 2.22. The minimum Gasteiger partial charge on any atom is -0.387 e. The molecule has 1 heterocycles. The van der Waals surface area contributed by atoms with Crippen LogP contribution in [0.5, 0.6) is 0 Å². The molecule has 0 saturated heterocycles. The van der Waals surface area contributed by atoms with E-state index in [0.29, 0.717) is 0 Å². The first-order valence-electron chi connectivity index (χ1n) is 4.93. The summed E-state index contributed by atoms with van der Waals surface area (Å²) in [7, 11) is 1.87. The Morgan fingerprint density at radius 2 is 2.46 bits per heavy atom. The molecule has 2 rings (SSSR count). The molecule has 3 heteroatoms. The van der Waals surface area contributed by atoms with Gasteiger partial charge in [-0.2, -0.15) is 5.10 Å². The minimum absolute atomic E-state index is 0.355. The van der Waals surface area contributed by atoms with Crippen LogP contribution in [-0.4, -0.2) is 14.9 Å². The Labute approximate surface area is 78.4 Å². The predicted molar refractivity (Wildman–Crippen MR) is 50.1 cm³/mol. The summed E-state index contributed by atoms with van der Waals surface area (Å²) in [5, 5.41) is 14.0. The van der Waals surface area contributed by atoms with E-state index in [-0.39, 0.29) is 6.10 Å². The SMILES string of the molecule is Cn1ccc(C(O)CC2CCC2)n1. The molecule has 72 valence electrons. The zero-order valence-corrected chi connectivity index (χ0v) is 7.98. The zero-order chi connectivity index (χ0) is 9.26. The normalized spacial score (nSPS) is 19.8. The minimum atomic E-state index is -0.355. The third kappa shape index (κ3) is 1.91. The van der Waals surface area contributed by atoms with Crippen molar-refractivity contribution in [3.05, 3.63) is 18.0 Å². The topological polar surface area (TPSA) is 38.0 Å². The molecule has 1 unspecified atom stereocenters. The molecule has 0 aromatic carbocycles. The summed E-state index contributed by atoms with van der Waals surface area (Å²) in [6, 6.07) is 1.89. The molecule has 1 saturated carbocycles. The Morgan fingerprint density at radius 3 is 2.92 bits per heavy atom. The van der Waals surface area contributed by atoms with Gasteiger partial charge >= 0.3 is 0 Å². The molecule has 0 amide bonds. The lowest BCUT2D eigenvalue weighted by Crippen LogP contribution is -2.15. The average molecular weight is 180 g/mol. The summed E-state index contributed by atoms with van der Waals surface area (Å²) >= 11 is 0. The highest BCUT2D eigenvalue weighted by atomic mass is 16.3. The third-order valence-electron chi connectivity index (χ3n) is 2.86. The molecule has 1 aliphatic rings. The molecule has 1 N–H and O–H groups in total. The lowest BCUT2D eigenvalue weighted by molar-refractivity contribution is 0.114. The fraction of sp³-hybridized carbons (Fsp3) is 0.700. The van der Waals surface area contributed by atoms with Gasteiger partial charge in [-0.3, -0.25) is 4.68 Å². The molecule has 1 fully saturated rings. The van der Waals surface area contributed by atoms with Crippen molar-refractivity contribution in [3.63, 3.8) is 0 Å². The van der Waals surface area contributed by atoms with Crippen molar-refractivity contribution in [1.82, 2.24) is 9.78 Å². The van der Waals surface area contributed by atoms with Gasteiger partial charge in [-0.05, 0) is 18.4 Å². The molecule has 0 spiro atoms. The molecule has 1 atom stereocenters. The van der Waals surface area contributed by atoms with Crippen molar-refractivity contribution in [1.29, 1.82) is 0 Å². The van der Waals surface area contributed by atoms with Crippen molar-refractivity contribution < 1.29 is 5.11 Å². The highest BCUT2D eigenvalue weighted by Crippen LogP contribution is 2.34. The fourth-order valence-corrected chi connectivity index (χ4v) is 1.78. The van der Waals surface area contributed by atoms with E-state index in [4.69, 9.17) is 0 Å². The van der Waals surface area contributed by atoms with E-state index in [1.807, 2.05) is 19.3 Å². The third-order valence-corrected chi connectivity index (χ3v) is 2.86. The van der Waals surface area contributed by atoms with Crippen LogP contribution in [0.4, 0.5) is 0 Å². The molecule has 1 aliphatic carbocycles.